The van der Waals surface area contributed by atoms with Crippen molar-refractivity contribution < 1.29 is 34.4 Å². The van der Waals surface area contributed by atoms with E-state index in [0.29, 0.717) is 0 Å². The molecule has 3 heterocycles. The van der Waals surface area contributed by atoms with E-state index in [2.05, 4.69) is 91.0 Å². The summed E-state index contributed by atoms with van der Waals surface area (Å²) in [5.74, 6) is -0.0625. The Bertz CT molecular complexity index is 2040. The Kier molecular flexibility index (Phi) is 8.79. The third-order valence-electron chi connectivity index (χ3n) is 6.64. The number of aliphatic hydroxyl groups is 1. The van der Waals surface area contributed by atoms with E-state index in [0.717, 1.165) is 38.7 Å². The number of nitrogens with zero attached hydrogens (tertiary/aromatic N) is 1. The Labute approximate surface area is 261 Å². The molecule has 3 aromatic heterocycles. The predicted octanol–water partition coefficient (Wildman–Crippen LogP) is 10.0. The number of para-hydroxylation sites is 1. The molecular weight excluding hydrogens is 719 g/mol. The number of furan rings is 1. The maximum absolute atomic E-state index is 10.0. The molecule has 7 aromatic rings. The van der Waals surface area contributed by atoms with Gasteiger partial charge in [0.15, 0.2) is 5.78 Å². The summed E-state index contributed by atoms with van der Waals surface area (Å²) in [7, 11) is 0. The Morgan fingerprint density at radius 1 is 0.833 bits per heavy atom. The van der Waals surface area contributed by atoms with E-state index < -0.39 is 0 Å². The second kappa shape index (κ2) is 12.7. The van der Waals surface area contributed by atoms with Gasteiger partial charge in [0.2, 0.25) is 0 Å². The fourth-order valence-corrected chi connectivity index (χ4v) is 6.13. The zero-order chi connectivity index (χ0) is 28.3. The number of carbonyl (C=O) groups is 1. The Hall–Kier alpha value is -4.35. The number of carbonyl (C=O) groups excluding carboxylic acids is 1. The van der Waals surface area contributed by atoms with Crippen LogP contribution in [0.4, 0.5) is 0 Å². The van der Waals surface area contributed by atoms with E-state index in [1.54, 1.807) is 11.3 Å². The van der Waals surface area contributed by atoms with Crippen LogP contribution in [-0.4, -0.2) is 15.9 Å². The first-order chi connectivity index (χ1) is 20.0. The Morgan fingerprint density at radius 3 is 2.17 bits per heavy atom. The number of benzene rings is 4. The molecule has 0 spiro atoms. The number of aliphatic hydroxyl groups excluding tert-OH is 1. The topological polar surface area (TPSA) is 63.3 Å². The quantitative estimate of drug-likeness (QED) is 0.111. The van der Waals surface area contributed by atoms with Gasteiger partial charge in [0.25, 0.3) is 0 Å². The van der Waals surface area contributed by atoms with E-state index in [4.69, 9.17) is 14.5 Å². The minimum Gasteiger partial charge on any atom is -0.512 e. The number of fused-ring (bicyclic) bond motifs is 4. The van der Waals surface area contributed by atoms with Crippen molar-refractivity contribution in [3.8, 4) is 32.8 Å². The van der Waals surface area contributed by atoms with E-state index in [1.165, 1.54) is 46.2 Å². The first-order valence-corrected chi connectivity index (χ1v) is 14.1. The van der Waals surface area contributed by atoms with E-state index in [-0.39, 0.29) is 31.6 Å². The first-order valence-electron chi connectivity index (χ1n) is 13.2. The summed E-state index contributed by atoms with van der Waals surface area (Å²) in [6, 6.07) is 40.9. The fourth-order valence-electron chi connectivity index (χ4n) is 4.96. The van der Waals surface area contributed by atoms with Gasteiger partial charge in [-0.3, -0.25) is 9.78 Å². The van der Waals surface area contributed by atoms with Crippen LogP contribution in [0, 0.1) is 6.07 Å². The first kappa shape index (κ1) is 29.2. The zero-order valence-corrected chi connectivity index (χ0v) is 26.1. The summed E-state index contributed by atoms with van der Waals surface area (Å²) >= 11 is 1.79. The zero-order valence-electron chi connectivity index (χ0n) is 22.9. The second-order valence-electron chi connectivity index (χ2n) is 9.67. The van der Waals surface area contributed by atoms with Crippen molar-refractivity contribution in [3.63, 3.8) is 0 Å². The van der Waals surface area contributed by atoms with Crippen LogP contribution in [0.15, 0.2) is 125 Å². The maximum atomic E-state index is 10.0. The number of pyridine rings is 1. The summed E-state index contributed by atoms with van der Waals surface area (Å²) in [5.41, 5.74) is 8.02. The van der Waals surface area contributed by atoms with Crippen molar-refractivity contribution in [1.82, 2.24) is 4.98 Å². The summed E-state index contributed by atoms with van der Waals surface area (Å²) in [6.45, 7) is 2.85. The molecule has 0 saturated heterocycles. The van der Waals surface area contributed by atoms with Gasteiger partial charge in [-0.25, -0.2) is 0 Å². The number of rotatable bonds is 4. The standard InChI is InChI=1S/C31H18NOS.C5H8O2.Ir/c1-3-10-20(11-4-1)28-29-27(34-31(28)21-12-5-2-6-13-21)19-18-25(32-29)24-16-9-15-23-22-14-7-8-17-26(22)33-30(23)24;1-4(6)3-5(2)7;/h1-15,17-19H;3,6H,1-2H3;/q-1;;/b;4-3-;. The summed E-state index contributed by atoms with van der Waals surface area (Å²) in [6.07, 6.45) is 1.17. The van der Waals surface area contributed by atoms with Crippen LogP contribution in [0.3, 0.4) is 0 Å². The van der Waals surface area contributed by atoms with E-state index in [1.807, 2.05) is 24.3 Å². The van der Waals surface area contributed by atoms with Crippen LogP contribution in [0.5, 0.6) is 0 Å². The number of hydrogen-bond acceptors (Lipinski definition) is 5. The molecule has 6 heteroatoms. The molecular formula is C36H26IrNO3S-. The van der Waals surface area contributed by atoms with Crippen molar-refractivity contribution in [1.29, 1.82) is 0 Å². The van der Waals surface area contributed by atoms with Crippen molar-refractivity contribution in [2.75, 3.05) is 0 Å². The van der Waals surface area contributed by atoms with Crippen LogP contribution >= 0.6 is 11.3 Å². The van der Waals surface area contributed by atoms with Gasteiger partial charge in [-0.2, -0.15) is 0 Å². The van der Waals surface area contributed by atoms with Crippen molar-refractivity contribution in [2.24, 2.45) is 0 Å². The van der Waals surface area contributed by atoms with Gasteiger partial charge in [-0.15, -0.1) is 29.5 Å². The van der Waals surface area contributed by atoms with Gasteiger partial charge in [-0.1, -0.05) is 95.9 Å². The average Bonchev–Trinajstić information content (AvgIpc) is 3.56. The number of ketones is 1. The van der Waals surface area contributed by atoms with Crippen LogP contribution in [-0.2, 0) is 24.9 Å². The normalized spacial score (nSPS) is 11.2. The molecule has 0 aliphatic heterocycles. The minimum atomic E-state index is -0.125. The molecule has 4 aromatic carbocycles. The van der Waals surface area contributed by atoms with Crippen LogP contribution < -0.4 is 0 Å². The van der Waals surface area contributed by atoms with Gasteiger partial charge in [0.05, 0.1) is 21.6 Å². The largest absolute Gasteiger partial charge is 0.512 e. The number of allylic oxidation sites excluding steroid dienone is 2. The molecule has 209 valence electrons. The Balaban J connectivity index is 0.000000396. The van der Waals surface area contributed by atoms with Gasteiger partial charge in [0, 0.05) is 42.0 Å². The van der Waals surface area contributed by atoms with Crippen molar-refractivity contribution in [3.05, 3.63) is 127 Å². The molecule has 1 radical (unpaired) electrons. The van der Waals surface area contributed by atoms with E-state index >= 15 is 0 Å². The molecule has 0 unspecified atom stereocenters. The molecule has 7 rings (SSSR count). The number of hydrogen-bond donors (Lipinski definition) is 1. The molecule has 0 aliphatic carbocycles. The minimum absolute atomic E-state index is 0. The molecule has 0 aliphatic rings. The number of thiophene rings is 1. The van der Waals surface area contributed by atoms with Crippen LogP contribution in [0.1, 0.15) is 13.8 Å². The molecule has 42 heavy (non-hydrogen) atoms. The number of aromatic nitrogens is 1. The van der Waals surface area contributed by atoms with Crippen LogP contribution in [0.25, 0.3) is 65.0 Å². The molecule has 0 bridgehead atoms. The molecule has 1 N–H and O–H groups in total. The van der Waals surface area contributed by atoms with Crippen LogP contribution in [0.2, 0.25) is 0 Å². The van der Waals surface area contributed by atoms with Crippen molar-refractivity contribution >= 4 is 49.3 Å². The SMILES string of the molecule is CC(=O)/C=C(/C)O.[Ir].[c-]1ccc2c(oc3ccccc32)c1-c1ccc2sc(-c3ccccc3)c(-c3ccccc3)c2n1. The molecule has 0 fully saturated rings. The van der Waals surface area contributed by atoms with Crippen molar-refractivity contribution in [2.45, 2.75) is 13.8 Å². The Morgan fingerprint density at radius 2 is 1.50 bits per heavy atom. The molecule has 0 saturated carbocycles. The predicted molar refractivity (Wildman–Crippen MR) is 169 cm³/mol. The summed E-state index contributed by atoms with van der Waals surface area (Å²) in [4.78, 5) is 16.5. The fraction of sp³-hybridized carbons (Fsp3) is 0.0556. The second-order valence-corrected chi connectivity index (χ2v) is 10.7. The molecule has 0 amide bonds. The summed E-state index contributed by atoms with van der Waals surface area (Å²) in [5, 5.41) is 10.6. The van der Waals surface area contributed by atoms with Gasteiger partial charge in [-0.05, 0) is 42.8 Å². The van der Waals surface area contributed by atoms with E-state index in [9.17, 15) is 4.79 Å². The molecule has 4 nitrogen and oxygen atoms in total. The van der Waals surface area contributed by atoms with Gasteiger partial charge < -0.3 is 9.52 Å². The molecule has 0 atom stereocenters. The monoisotopic (exact) mass is 745 g/mol. The third kappa shape index (κ3) is 5.83. The van der Waals surface area contributed by atoms with Gasteiger partial charge >= 0.3 is 0 Å². The maximum Gasteiger partial charge on any atom is 0.155 e. The van der Waals surface area contributed by atoms with Gasteiger partial charge in [0.1, 0.15) is 5.58 Å². The average molecular weight is 745 g/mol. The third-order valence-corrected chi connectivity index (χ3v) is 7.83. The smallest absolute Gasteiger partial charge is 0.155 e. The summed E-state index contributed by atoms with van der Waals surface area (Å²) < 4.78 is 7.44.